The van der Waals surface area contributed by atoms with Crippen molar-refractivity contribution in [1.29, 1.82) is 0 Å². The summed E-state index contributed by atoms with van der Waals surface area (Å²) in [5, 5.41) is 1.15. The molecular weight excluding hydrogens is 484 g/mol. The lowest BCUT2D eigenvalue weighted by Gasteiger charge is -2.27. The number of para-hydroxylation sites is 1. The second kappa shape index (κ2) is 8.62. The molecule has 0 unspecified atom stereocenters. The van der Waals surface area contributed by atoms with Gasteiger partial charge in [-0.15, -0.1) is 0 Å². The van der Waals surface area contributed by atoms with Crippen LogP contribution in [0.4, 0.5) is 0 Å². The summed E-state index contributed by atoms with van der Waals surface area (Å²) in [5.41, 5.74) is 7.51. The van der Waals surface area contributed by atoms with E-state index in [0.717, 1.165) is 49.7 Å². The van der Waals surface area contributed by atoms with Gasteiger partial charge in [0.1, 0.15) is 0 Å². The van der Waals surface area contributed by atoms with E-state index in [1.54, 1.807) is 0 Å². The molecule has 0 radical (unpaired) electrons. The number of hydrogen-bond acceptors (Lipinski definition) is 1. The van der Waals surface area contributed by atoms with E-state index >= 15 is 0 Å². The van der Waals surface area contributed by atoms with Crippen LogP contribution < -0.4 is 0 Å². The van der Waals surface area contributed by atoms with Crippen molar-refractivity contribution >= 4 is 32.7 Å². The summed E-state index contributed by atoms with van der Waals surface area (Å²) in [7, 11) is 0. The summed E-state index contributed by atoms with van der Waals surface area (Å²) in [6.07, 6.45) is 0.813. The highest BCUT2D eigenvalue weighted by Crippen LogP contribution is 2.45. The van der Waals surface area contributed by atoms with Gasteiger partial charge in [-0.1, -0.05) is 94.8 Å². The van der Waals surface area contributed by atoms with E-state index in [9.17, 15) is 4.79 Å². The fourth-order valence-electron chi connectivity index (χ4n) is 5.10. The van der Waals surface area contributed by atoms with Gasteiger partial charge in [-0.2, -0.15) is 0 Å². The smallest absolute Gasteiger partial charge is 0.255 e. The number of halogens is 1. The second-order valence-corrected chi connectivity index (χ2v) is 9.61. The molecule has 3 nitrogen and oxygen atoms in total. The van der Waals surface area contributed by atoms with Crippen LogP contribution >= 0.6 is 15.9 Å². The molecular formula is C30H23BrN2O. The van der Waals surface area contributed by atoms with Gasteiger partial charge in [0.25, 0.3) is 5.91 Å². The minimum absolute atomic E-state index is 0.101. The second-order valence-electron chi connectivity index (χ2n) is 8.69. The maximum Gasteiger partial charge on any atom is 0.255 e. The molecule has 0 aliphatic carbocycles. The Morgan fingerprint density at radius 3 is 2.32 bits per heavy atom. The Labute approximate surface area is 207 Å². The molecule has 1 N–H and O–H groups in total. The van der Waals surface area contributed by atoms with Crippen molar-refractivity contribution in [3.05, 3.63) is 130 Å². The molecule has 0 saturated carbocycles. The number of H-pyrrole nitrogens is 1. The first kappa shape index (κ1) is 20.9. The van der Waals surface area contributed by atoms with Crippen molar-refractivity contribution in [2.45, 2.75) is 12.5 Å². The van der Waals surface area contributed by atoms with E-state index in [4.69, 9.17) is 0 Å². The summed E-state index contributed by atoms with van der Waals surface area (Å²) >= 11 is 3.56. The van der Waals surface area contributed by atoms with Crippen LogP contribution in [0.3, 0.4) is 0 Å². The maximum atomic E-state index is 13.7. The molecule has 0 spiro atoms. The third-order valence-corrected chi connectivity index (χ3v) is 7.22. The summed E-state index contributed by atoms with van der Waals surface area (Å²) < 4.78 is 1.04. The lowest BCUT2D eigenvalue weighted by molar-refractivity contribution is 0.0753. The molecule has 5 aromatic rings. The molecule has 34 heavy (non-hydrogen) atoms. The minimum Gasteiger partial charge on any atom is -0.354 e. The van der Waals surface area contributed by atoms with E-state index in [1.165, 1.54) is 5.56 Å². The third kappa shape index (κ3) is 3.55. The van der Waals surface area contributed by atoms with Gasteiger partial charge in [0, 0.05) is 33.0 Å². The number of carbonyl (C=O) groups excluding carboxylic acids is 1. The van der Waals surface area contributed by atoms with Gasteiger partial charge in [-0.3, -0.25) is 4.79 Å². The molecule has 2 heterocycles. The van der Waals surface area contributed by atoms with Crippen LogP contribution in [0.5, 0.6) is 0 Å². The van der Waals surface area contributed by atoms with Crippen LogP contribution in [-0.2, 0) is 6.42 Å². The Hall–Kier alpha value is -3.63. The van der Waals surface area contributed by atoms with Crippen molar-refractivity contribution in [1.82, 2.24) is 9.88 Å². The Morgan fingerprint density at radius 2 is 1.50 bits per heavy atom. The zero-order valence-corrected chi connectivity index (χ0v) is 20.1. The van der Waals surface area contributed by atoms with Crippen molar-refractivity contribution in [3.63, 3.8) is 0 Å². The average molecular weight is 507 g/mol. The highest BCUT2D eigenvalue weighted by molar-refractivity contribution is 9.10. The quantitative estimate of drug-likeness (QED) is 0.265. The van der Waals surface area contributed by atoms with Crippen LogP contribution in [0.1, 0.15) is 33.1 Å². The molecule has 1 aromatic heterocycles. The van der Waals surface area contributed by atoms with Gasteiger partial charge in [0.2, 0.25) is 0 Å². The zero-order valence-electron chi connectivity index (χ0n) is 18.5. The summed E-state index contributed by atoms with van der Waals surface area (Å²) in [5.74, 6) is 0.101. The number of benzene rings is 4. The van der Waals surface area contributed by atoms with Gasteiger partial charge in [0.05, 0.1) is 11.7 Å². The van der Waals surface area contributed by atoms with Crippen molar-refractivity contribution in [2.24, 2.45) is 0 Å². The van der Waals surface area contributed by atoms with Crippen LogP contribution in [0, 0.1) is 0 Å². The van der Waals surface area contributed by atoms with Gasteiger partial charge in [0.15, 0.2) is 0 Å². The molecule has 4 heteroatoms. The number of aromatic nitrogens is 1. The summed E-state index contributed by atoms with van der Waals surface area (Å²) in [6.45, 7) is 0.654. The molecule has 1 atom stereocenters. The Kier molecular flexibility index (Phi) is 5.31. The van der Waals surface area contributed by atoms with E-state index in [2.05, 4.69) is 105 Å². The van der Waals surface area contributed by atoms with Crippen molar-refractivity contribution in [3.8, 4) is 11.3 Å². The van der Waals surface area contributed by atoms with E-state index in [-0.39, 0.29) is 11.9 Å². The van der Waals surface area contributed by atoms with Gasteiger partial charge in [-0.05, 0) is 47.4 Å². The van der Waals surface area contributed by atoms with Crippen LogP contribution in [0.2, 0.25) is 0 Å². The molecule has 166 valence electrons. The number of nitrogens with one attached hydrogen (secondary N) is 1. The van der Waals surface area contributed by atoms with Crippen LogP contribution in [0.25, 0.3) is 22.2 Å². The Morgan fingerprint density at radius 1 is 0.794 bits per heavy atom. The molecule has 0 fully saturated rings. The van der Waals surface area contributed by atoms with Gasteiger partial charge < -0.3 is 9.88 Å². The molecule has 4 aromatic carbocycles. The molecule has 6 rings (SSSR count). The highest BCUT2D eigenvalue weighted by Gasteiger charge is 2.39. The summed E-state index contributed by atoms with van der Waals surface area (Å²) in [4.78, 5) is 19.4. The van der Waals surface area contributed by atoms with Crippen molar-refractivity contribution < 1.29 is 4.79 Å². The normalized spacial score (nSPS) is 15.1. The molecule has 1 aliphatic heterocycles. The van der Waals surface area contributed by atoms with Crippen LogP contribution in [-0.4, -0.2) is 22.3 Å². The number of rotatable bonds is 5. The standard InChI is InChI=1S/C30H23BrN2O/c31-22-16-14-21(15-17-22)28-27(25-12-6-7-13-26(25)32-28)29-23-10-4-5-11-24(23)30(34)33(29)19-18-20-8-2-1-3-9-20/h1-17,29,32H,18-19H2/t29-/m1/s1. The predicted molar refractivity (Wildman–Crippen MR) is 141 cm³/mol. The third-order valence-electron chi connectivity index (χ3n) is 6.70. The predicted octanol–water partition coefficient (Wildman–Crippen LogP) is 7.39. The molecule has 1 amide bonds. The SMILES string of the molecule is O=C1c2ccccc2[C@H](c2c(-c3ccc(Br)cc3)[nH]c3ccccc23)N1CCc1ccccc1. The first-order valence-electron chi connectivity index (χ1n) is 11.5. The maximum absolute atomic E-state index is 13.7. The molecule has 1 aliphatic rings. The van der Waals surface area contributed by atoms with E-state index in [1.807, 2.05) is 24.3 Å². The fraction of sp³-hybridized carbons (Fsp3) is 0.100. The Balaban J connectivity index is 1.53. The van der Waals surface area contributed by atoms with E-state index < -0.39 is 0 Å². The molecule has 0 bridgehead atoms. The average Bonchev–Trinajstić information content (AvgIpc) is 3.39. The number of hydrogen-bond donors (Lipinski definition) is 1. The number of carbonyl (C=O) groups is 1. The van der Waals surface area contributed by atoms with Gasteiger partial charge >= 0.3 is 0 Å². The largest absolute Gasteiger partial charge is 0.354 e. The number of amides is 1. The molecule has 0 saturated heterocycles. The zero-order chi connectivity index (χ0) is 23.1. The summed E-state index contributed by atoms with van der Waals surface area (Å²) in [6, 6.07) is 35.0. The van der Waals surface area contributed by atoms with Crippen LogP contribution in [0.15, 0.2) is 108 Å². The lowest BCUT2D eigenvalue weighted by atomic mass is 9.93. The fourth-order valence-corrected chi connectivity index (χ4v) is 5.36. The van der Waals surface area contributed by atoms with E-state index in [0.29, 0.717) is 6.54 Å². The monoisotopic (exact) mass is 506 g/mol. The minimum atomic E-state index is -0.151. The lowest BCUT2D eigenvalue weighted by Crippen LogP contribution is -2.31. The number of nitrogens with zero attached hydrogens (tertiary/aromatic N) is 1. The number of fused-ring (bicyclic) bond motifs is 2. The Bertz CT molecular complexity index is 1490. The van der Waals surface area contributed by atoms with Gasteiger partial charge in [-0.25, -0.2) is 0 Å². The van der Waals surface area contributed by atoms with Crippen molar-refractivity contribution in [2.75, 3.05) is 6.54 Å². The highest BCUT2D eigenvalue weighted by atomic mass is 79.9. The first-order valence-corrected chi connectivity index (χ1v) is 12.3. The number of aromatic amines is 1. The first-order chi connectivity index (χ1) is 16.7. The topological polar surface area (TPSA) is 36.1 Å².